The third kappa shape index (κ3) is 11.1. The standard InChI is InChI=1S/C26H36ClN3O3.C2HF3O2/c1-19(2)18-33-23-8-5-20(6-9-23)16-28-26(31)30(22-11-13-29(3)14-12-22)17-21-7-10-24(32-4)15-25(21)27;3-2(4,5)1(6)7/h5-10,15,19,22H,11-14,16-18H2,1-4H3,(H,28,31);(H,6,7). The van der Waals surface area contributed by atoms with Crippen LogP contribution in [-0.4, -0.2) is 73.0 Å². The predicted octanol–water partition coefficient (Wildman–Crippen LogP) is 5.82. The Hall–Kier alpha value is -3.18. The van der Waals surface area contributed by atoms with Crippen molar-refractivity contribution in [3.8, 4) is 11.5 Å². The summed E-state index contributed by atoms with van der Waals surface area (Å²) in [7, 11) is 3.74. The van der Waals surface area contributed by atoms with Gasteiger partial charge in [0.05, 0.1) is 13.7 Å². The summed E-state index contributed by atoms with van der Waals surface area (Å²) in [4.78, 5) is 26.4. The van der Waals surface area contributed by atoms with Gasteiger partial charge in [-0.25, -0.2) is 9.59 Å². The number of likely N-dealkylation sites (tertiary alicyclic amines) is 1. The summed E-state index contributed by atoms with van der Waals surface area (Å²) in [5, 5.41) is 10.8. The number of carboxylic acids is 1. The number of urea groups is 1. The number of carbonyl (C=O) groups is 2. The van der Waals surface area contributed by atoms with Gasteiger partial charge in [-0.3, -0.25) is 0 Å². The van der Waals surface area contributed by atoms with Gasteiger partial charge in [-0.05, 0) is 74.3 Å². The van der Waals surface area contributed by atoms with Crippen molar-refractivity contribution >= 4 is 23.6 Å². The second-order valence-corrected chi connectivity index (χ2v) is 10.3. The highest BCUT2D eigenvalue weighted by Gasteiger charge is 2.38. The molecule has 0 spiro atoms. The van der Waals surface area contributed by atoms with Gasteiger partial charge in [0.1, 0.15) is 11.5 Å². The Morgan fingerprint density at radius 2 is 1.70 bits per heavy atom. The molecule has 1 fully saturated rings. The highest BCUT2D eigenvalue weighted by molar-refractivity contribution is 6.31. The molecule has 2 aromatic carbocycles. The highest BCUT2D eigenvalue weighted by Crippen LogP contribution is 2.26. The van der Waals surface area contributed by atoms with Gasteiger partial charge in [0.2, 0.25) is 0 Å². The fraction of sp³-hybridized carbons (Fsp3) is 0.500. The van der Waals surface area contributed by atoms with Crippen molar-refractivity contribution in [3.63, 3.8) is 0 Å². The van der Waals surface area contributed by atoms with Crippen LogP contribution in [0.15, 0.2) is 42.5 Å². The minimum atomic E-state index is -5.08. The van der Waals surface area contributed by atoms with Gasteiger partial charge in [0.15, 0.2) is 0 Å². The number of hydrogen-bond acceptors (Lipinski definition) is 5. The SMILES string of the molecule is COc1ccc(CN(C(=O)NCc2ccc(OCC(C)C)cc2)C2CCN(C)CC2)c(Cl)c1.O=C(O)C(F)(F)F. The molecule has 0 unspecified atom stereocenters. The average Bonchev–Trinajstić information content (AvgIpc) is 2.91. The summed E-state index contributed by atoms with van der Waals surface area (Å²) < 4.78 is 42.7. The van der Waals surface area contributed by atoms with Crippen LogP contribution in [0.2, 0.25) is 5.02 Å². The Kier molecular flexibility index (Phi) is 12.9. The van der Waals surface area contributed by atoms with Crippen molar-refractivity contribution in [2.24, 2.45) is 5.92 Å². The minimum absolute atomic E-state index is 0.0726. The van der Waals surface area contributed by atoms with Crippen molar-refractivity contribution in [2.75, 3.05) is 33.9 Å². The van der Waals surface area contributed by atoms with Gasteiger partial charge in [0.25, 0.3) is 0 Å². The van der Waals surface area contributed by atoms with Crippen LogP contribution in [0, 0.1) is 5.92 Å². The van der Waals surface area contributed by atoms with Crippen molar-refractivity contribution in [3.05, 3.63) is 58.6 Å². The minimum Gasteiger partial charge on any atom is -0.497 e. The molecule has 2 N–H and O–H groups in total. The Bertz CT molecular complexity index is 1090. The molecule has 12 heteroatoms. The number of methoxy groups -OCH3 is 1. The number of carbonyl (C=O) groups excluding carboxylic acids is 1. The molecule has 1 aliphatic rings. The molecule has 0 bridgehead atoms. The Balaban J connectivity index is 0.000000708. The summed E-state index contributed by atoms with van der Waals surface area (Å²) in [6.45, 7) is 7.81. The summed E-state index contributed by atoms with van der Waals surface area (Å²) in [6.07, 6.45) is -3.20. The second-order valence-electron chi connectivity index (χ2n) is 9.93. The molecule has 3 rings (SSSR count). The summed E-state index contributed by atoms with van der Waals surface area (Å²) in [5.74, 6) is -0.720. The van der Waals surface area contributed by atoms with E-state index in [1.807, 2.05) is 41.3 Å². The maximum absolute atomic E-state index is 13.3. The predicted molar refractivity (Wildman–Crippen MR) is 147 cm³/mol. The number of ether oxygens (including phenoxy) is 2. The zero-order valence-electron chi connectivity index (χ0n) is 23.1. The largest absolute Gasteiger partial charge is 0.497 e. The Labute approximate surface area is 238 Å². The molecular formula is C28H37ClF3N3O5. The second kappa shape index (κ2) is 15.6. The molecule has 0 saturated carbocycles. The first-order chi connectivity index (χ1) is 18.8. The summed E-state index contributed by atoms with van der Waals surface area (Å²) in [6, 6.07) is 13.6. The number of alkyl halides is 3. The van der Waals surface area contributed by atoms with Crippen LogP contribution in [0.25, 0.3) is 0 Å². The molecule has 0 radical (unpaired) electrons. The van der Waals surface area contributed by atoms with Crippen molar-refractivity contribution in [1.82, 2.24) is 15.1 Å². The van der Waals surface area contributed by atoms with Gasteiger partial charge in [-0.2, -0.15) is 13.2 Å². The van der Waals surface area contributed by atoms with Crippen molar-refractivity contribution in [2.45, 2.75) is 52.0 Å². The first-order valence-corrected chi connectivity index (χ1v) is 13.2. The molecular weight excluding hydrogens is 551 g/mol. The number of benzene rings is 2. The normalized spacial score (nSPS) is 14.2. The molecule has 0 atom stereocenters. The molecule has 2 amide bonds. The molecule has 0 aromatic heterocycles. The van der Waals surface area contributed by atoms with E-state index in [0.717, 1.165) is 42.8 Å². The van der Waals surface area contributed by atoms with E-state index in [2.05, 4.69) is 31.1 Å². The molecule has 1 heterocycles. The van der Waals surface area contributed by atoms with Crippen LogP contribution in [0.1, 0.15) is 37.8 Å². The summed E-state index contributed by atoms with van der Waals surface area (Å²) in [5.41, 5.74) is 1.95. The third-order valence-electron chi connectivity index (χ3n) is 6.18. The van der Waals surface area contributed by atoms with Crippen LogP contribution in [-0.2, 0) is 17.9 Å². The number of piperidine rings is 1. The van der Waals surface area contributed by atoms with Crippen LogP contribution in [0.4, 0.5) is 18.0 Å². The quantitative estimate of drug-likeness (QED) is 0.384. The number of carboxylic acid groups (broad SMARTS) is 1. The lowest BCUT2D eigenvalue weighted by Gasteiger charge is -2.37. The lowest BCUT2D eigenvalue weighted by Crippen LogP contribution is -2.49. The Morgan fingerprint density at radius 3 is 2.20 bits per heavy atom. The fourth-order valence-electron chi connectivity index (χ4n) is 3.89. The number of nitrogens with zero attached hydrogens (tertiary/aromatic N) is 2. The molecule has 1 aliphatic heterocycles. The highest BCUT2D eigenvalue weighted by atomic mass is 35.5. The van der Waals surface area contributed by atoms with E-state index >= 15 is 0 Å². The van der Waals surface area contributed by atoms with Gasteiger partial charge in [0, 0.05) is 24.2 Å². The number of hydrogen-bond donors (Lipinski definition) is 2. The van der Waals surface area contributed by atoms with Gasteiger partial charge in [-0.15, -0.1) is 0 Å². The lowest BCUT2D eigenvalue weighted by molar-refractivity contribution is -0.192. The van der Waals surface area contributed by atoms with Crippen molar-refractivity contribution < 1.29 is 37.3 Å². The third-order valence-corrected chi connectivity index (χ3v) is 6.54. The zero-order valence-corrected chi connectivity index (χ0v) is 23.9. The maximum atomic E-state index is 13.3. The fourth-order valence-corrected chi connectivity index (χ4v) is 4.12. The van der Waals surface area contributed by atoms with Gasteiger partial charge < -0.3 is 29.7 Å². The van der Waals surface area contributed by atoms with E-state index in [-0.39, 0.29) is 12.1 Å². The van der Waals surface area contributed by atoms with E-state index in [1.165, 1.54) is 0 Å². The van der Waals surface area contributed by atoms with Crippen molar-refractivity contribution in [1.29, 1.82) is 0 Å². The average molecular weight is 588 g/mol. The van der Waals surface area contributed by atoms with Crippen LogP contribution in [0.5, 0.6) is 11.5 Å². The van der Waals surface area contributed by atoms with E-state index < -0.39 is 12.1 Å². The van der Waals surface area contributed by atoms with Crippen LogP contribution in [0.3, 0.4) is 0 Å². The first kappa shape index (κ1) is 33.0. The Morgan fingerprint density at radius 1 is 1.12 bits per heavy atom. The van der Waals surface area contributed by atoms with Gasteiger partial charge in [-0.1, -0.05) is 43.6 Å². The molecule has 8 nitrogen and oxygen atoms in total. The molecule has 222 valence electrons. The van der Waals surface area contributed by atoms with E-state index in [0.29, 0.717) is 36.4 Å². The van der Waals surface area contributed by atoms with Crippen LogP contribution >= 0.6 is 11.6 Å². The maximum Gasteiger partial charge on any atom is 0.490 e. The molecule has 0 aliphatic carbocycles. The number of aliphatic carboxylic acids is 1. The smallest absolute Gasteiger partial charge is 0.490 e. The number of halogens is 4. The topological polar surface area (TPSA) is 91.3 Å². The molecule has 1 saturated heterocycles. The number of rotatable bonds is 9. The summed E-state index contributed by atoms with van der Waals surface area (Å²) >= 11 is 6.49. The zero-order chi connectivity index (χ0) is 29.9. The molecule has 40 heavy (non-hydrogen) atoms. The van der Waals surface area contributed by atoms with Gasteiger partial charge >= 0.3 is 18.2 Å². The monoisotopic (exact) mass is 587 g/mol. The van der Waals surface area contributed by atoms with Crippen LogP contribution < -0.4 is 14.8 Å². The number of nitrogens with one attached hydrogen (secondary N) is 1. The first-order valence-electron chi connectivity index (χ1n) is 12.9. The van der Waals surface area contributed by atoms with E-state index in [1.54, 1.807) is 13.2 Å². The molecule has 2 aromatic rings. The number of amides is 2. The van der Waals surface area contributed by atoms with E-state index in [4.69, 9.17) is 31.0 Å². The lowest BCUT2D eigenvalue weighted by atomic mass is 10.0. The van der Waals surface area contributed by atoms with E-state index in [9.17, 15) is 18.0 Å².